The van der Waals surface area contributed by atoms with E-state index < -0.39 is 0 Å². The number of morpholine rings is 1. The van der Waals surface area contributed by atoms with Crippen molar-refractivity contribution in [3.63, 3.8) is 0 Å². The minimum Gasteiger partial charge on any atom is -0.472 e. The van der Waals surface area contributed by atoms with E-state index in [1.54, 1.807) is 12.4 Å². The molecule has 2 aliphatic rings. The predicted octanol–water partition coefficient (Wildman–Crippen LogP) is 1.81. The number of nitrogens with zero attached hydrogens (tertiary/aromatic N) is 4. The Balaban J connectivity index is 1.64. The average molecular weight is 320 g/mol. The highest BCUT2D eigenvalue weighted by Gasteiger charge is 2.26. The van der Waals surface area contributed by atoms with Gasteiger partial charge in [-0.3, -0.25) is 4.90 Å². The Bertz CT molecular complexity index is 491. The van der Waals surface area contributed by atoms with Gasteiger partial charge in [-0.05, 0) is 32.6 Å². The molecule has 128 valence electrons. The Kier molecular flexibility index (Phi) is 5.67. The largest absolute Gasteiger partial charge is 0.472 e. The molecule has 1 aromatic rings. The van der Waals surface area contributed by atoms with E-state index in [1.807, 2.05) is 13.8 Å². The number of anilines is 1. The zero-order valence-corrected chi connectivity index (χ0v) is 14.3. The summed E-state index contributed by atoms with van der Waals surface area (Å²) in [6, 6.07) is 0. The van der Waals surface area contributed by atoms with Crippen molar-refractivity contribution >= 4 is 5.82 Å². The van der Waals surface area contributed by atoms with Gasteiger partial charge in [-0.25, -0.2) is 9.97 Å². The molecule has 0 amide bonds. The highest BCUT2D eigenvalue weighted by Crippen LogP contribution is 2.28. The Morgan fingerprint density at radius 3 is 2.78 bits per heavy atom. The van der Waals surface area contributed by atoms with Crippen LogP contribution in [0.25, 0.3) is 0 Å². The summed E-state index contributed by atoms with van der Waals surface area (Å²) in [5, 5.41) is 0. The molecule has 2 saturated heterocycles. The van der Waals surface area contributed by atoms with E-state index >= 15 is 0 Å². The Hall–Kier alpha value is -1.40. The first-order chi connectivity index (χ1) is 11.2. The van der Waals surface area contributed by atoms with Crippen LogP contribution >= 0.6 is 0 Å². The molecule has 1 unspecified atom stereocenters. The summed E-state index contributed by atoms with van der Waals surface area (Å²) >= 11 is 0. The van der Waals surface area contributed by atoms with Gasteiger partial charge in [0.05, 0.1) is 19.3 Å². The van der Waals surface area contributed by atoms with Gasteiger partial charge in [-0.15, -0.1) is 0 Å². The fraction of sp³-hybridized carbons (Fsp3) is 0.765. The third-order valence-electron chi connectivity index (χ3n) is 4.43. The first-order valence-corrected chi connectivity index (χ1v) is 8.75. The SMILES string of the molecule is CC(C)Oc1nccnc1N1CCCC(CN2CCOCC2)C1. The van der Waals surface area contributed by atoms with Crippen molar-refractivity contribution in [1.29, 1.82) is 0 Å². The van der Waals surface area contributed by atoms with Crippen molar-refractivity contribution in [3.05, 3.63) is 12.4 Å². The highest BCUT2D eigenvalue weighted by atomic mass is 16.5. The lowest BCUT2D eigenvalue weighted by Crippen LogP contribution is -2.44. The number of piperidine rings is 1. The van der Waals surface area contributed by atoms with Gasteiger partial charge in [-0.2, -0.15) is 0 Å². The maximum absolute atomic E-state index is 5.84. The van der Waals surface area contributed by atoms with Crippen molar-refractivity contribution < 1.29 is 9.47 Å². The van der Waals surface area contributed by atoms with Gasteiger partial charge in [0.2, 0.25) is 0 Å². The van der Waals surface area contributed by atoms with Crippen molar-refractivity contribution in [2.75, 3.05) is 50.8 Å². The molecule has 0 aliphatic carbocycles. The van der Waals surface area contributed by atoms with E-state index in [0.717, 1.165) is 51.8 Å². The number of rotatable bonds is 5. The molecule has 1 aromatic heterocycles. The van der Waals surface area contributed by atoms with Crippen LogP contribution in [-0.2, 0) is 4.74 Å². The van der Waals surface area contributed by atoms with E-state index in [4.69, 9.17) is 9.47 Å². The zero-order chi connectivity index (χ0) is 16.1. The first kappa shape index (κ1) is 16.5. The second-order valence-corrected chi connectivity index (χ2v) is 6.72. The van der Waals surface area contributed by atoms with Crippen molar-refractivity contribution in [1.82, 2.24) is 14.9 Å². The van der Waals surface area contributed by atoms with Crippen LogP contribution in [0.1, 0.15) is 26.7 Å². The van der Waals surface area contributed by atoms with Gasteiger partial charge in [0, 0.05) is 45.1 Å². The molecule has 1 atom stereocenters. The number of hydrogen-bond acceptors (Lipinski definition) is 6. The summed E-state index contributed by atoms with van der Waals surface area (Å²) in [5.74, 6) is 2.23. The second-order valence-electron chi connectivity index (χ2n) is 6.72. The number of ether oxygens (including phenoxy) is 2. The summed E-state index contributed by atoms with van der Waals surface area (Å²) in [7, 11) is 0. The van der Waals surface area contributed by atoms with Gasteiger partial charge in [-0.1, -0.05) is 0 Å². The van der Waals surface area contributed by atoms with Crippen LogP contribution in [0.5, 0.6) is 5.88 Å². The molecule has 0 aromatic carbocycles. The Morgan fingerprint density at radius 2 is 2.00 bits per heavy atom. The Labute approximate surface area is 138 Å². The van der Waals surface area contributed by atoms with Gasteiger partial charge < -0.3 is 14.4 Å². The molecular formula is C17H28N4O2. The molecule has 0 radical (unpaired) electrons. The number of aromatic nitrogens is 2. The molecule has 23 heavy (non-hydrogen) atoms. The molecule has 0 saturated carbocycles. The third-order valence-corrected chi connectivity index (χ3v) is 4.43. The average Bonchev–Trinajstić information content (AvgIpc) is 2.56. The second kappa shape index (κ2) is 7.93. The minimum absolute atomic E-state index is 0.111. The predicted molar refractivity (Wildman–Crippen MR) is 90.0 cm³/mol. The fourth-order valence-corrected chi connectivity index (χ4v) is 3.40. The van der Waals surface area contributed by atoms with Gasteiger partial charge in [0.25, 0.3) is 5.88 Å². The maximum atomic E-state index is 5.84. The lowest BCUT2D eigenvalue weighted by molar-refractivity contribution is 0.0296. The monoisotopic (exact) mass is 320 g/mol. The molecule has 6 nitrogen and oxygen atoms in total. The van der Waals surface area contributed by atoms with Crippen LogP contribution in [-0.4, -0.2) is 66.9 Å². The topological polar surface area (TPSA) is 50.7 Å². The molecule has 2 aliphatic heterocycles. The molecule has 0 N–H and O–H groups in total. The van der Waals surface area contributed by atoms with Crippen LogP contribution in [0, 0.1) is 5.92 Å². The summed E-state index contributed by atoms with van der Waals surface area (Å²) in [6.07, 6.45) is 6.06. The Morgan fingerprint density at radius 1 is 1.22 bits per heavy atom. The molecular weight excluding hydrogens is 292 g/mol. The van der Waals surface area contributed by atoms with Crippen molar-refractivity contribution in [2.24, 2.45) is 5.92 Å². The zero-order valence-electron chi connectivity index (χ0n) is 14.3. The van der Waals surface area contributed by atoms with Crippen LogP contribution in [0.2, 0.25) is 0 Å². The standard InChI is InChI=1S/C17H28N4O2/c1-14(2)23-17-16(18-5-6-19-17)21-7-3-4-15(13-21)12-20-8-10-22-11-9-20/h5-6,14-15H,3-4,7-13H2,1-2H3. The maximum Gasteiger partial charge on any atom is 0.257 e. The minimum atomic E-state index is 0.111. The molecule has 0 bridgehead atoms. The van der Waals surface area contributed by atoms with E-state index in [2.05, 4.69) is 19.8 Å². The van der Waals surface area contributed by atoms with Crippen molar-refractivity contribution in [2.45, 2.75) is 32.8 Å². The lowest BCUT2D eigenvalue weighted by atomic mass is 9.97. The highest BCUT2D eigenvalue weighted by molar-refractivity contribution is 5.48. The fourth-order valence-electron chi connectivity index (χ4n) is 3.40. The van der Waals surface area contributed by atoms with Gasteiger partial charge >= 0.3 is 0 Å². The summed E-state index contributed by atoms with van der Waals surface area (Å²) in [6.45, 7) is 11.1. The number of hydrogen-bond donors (Lipinski definition) is 0. The van der Waals surface area contributed by atoms with Gasteiger partial charge in [0.15, 0.2) is 5.82 Å². The third kappa shape index (κ3) is 4.54. The van der Waals surface area contributed by atoms with Crippen LogP contribution in [0.15, 0.2) is 12.4 Å². The van der Waals surface area contributed by atoms with Crippen LogP contribution in [0.3, 0.4) is 0 Å². The molecule has 2 fully saturated rings. The van der Waals surface area contributed by atoms with E-state index in [1.165, 1.54) is 12.8 Å². The quantitative estimate of drug-likeness (QED) is 0.825. The molecule has 0 spiro atoms. The van der Waals surface area contributed by atoms with E-state index in [0.29, 0.717) is 11.8 Å². The van der Waals surface area contributed by atoms with Gasteiger partial charge in [0.1, 0.15) is 0 Å². The van der Waals surface area contributed by atoms with Crippen LogP contribution < -0.4 is 9.64 Å². The summed E-state index contributed by atoms with van der Waals surface area (Å²) in [5.41, 5.74) is 0. The molecule has 6 heteroatoms. The van der Waals surface area contributed by atoms with Crippen molar-refractivity contribution in [3.8, 4) is 5.88 Å². The van der Waals surface area contributed by atoms with E-state index in [-0.39, 0.29) is 6.10 Å². The van der Waals surface area contributed by atoms with Crippen LogP contribution in [0.4, 0.5) is 5.82 Å². The lowest BCUT2D eigenvalue weighted by Gasteiger charge is -2.37. The smallest absolute Gasteiger partial charge is 0.257 e. The first-order valence-electron chi connectivity index (χ1n) is 8.75. The van der Waals surface area contributed by atoms with E-state index in [9.17, 15) is 0 Å². The molecule has 3 rings (SSSR count). The summed E-state index contributed by atoms with van der Waals surface area (Å²) in [4.78, 5) is 13.8. The normalized spacial score (nSPS) is 23.3. The summed E-state index contributed by atoms with van der Waals surface area (Å²) < 4.78 is 11.3. The molecule has 3 heterocycles.